The number of fused-ring (bicyclic) bond motifs is 1. The fraction of sp³-hybridized carbons (Fsp3) is 0.364. The lowest BCUT2D eigenvalue weighted by molar-refractivity contribution is 0.414. The van der Waals surface area contributed by atoms with Crippen molar-refractivity contribution in [3.63, 3.8) is 0 Å². The molecule has 16 heavy (non-hydrogen) atoms. The van der Waals surface area contributed by atoms with Crippen LogP contribution in [0.2, 0.25) is 0 Å². The van der Waals surface area contributed by atoms with E-state index >= 15 is 0 Å². The molecular weight excluding hydrogens is 212 g/mol. The molecular formula is C11H13F2N3. The molecule has 86 valence electrons. The predicted molar refractivity (Wildman–Crippen MR) is 59.1 cm³/mol. The van der Waals surface area contributed by atoms with Crippen molar-refractivity contribution in [1.29, 1.82) is 0 Å². The van der Waals surface area contributed by atoms with Gasteiger partial charge in [0.2, 0.25) is 5.95 Å². The van der Waals surface area contributed by atoms with E-state index in [2.05, 4.69) is 4.98 Å². The molecule has 1 heterocycles. The molecule has 0 fully saturated rings. The number of aromatic nitrogens is 2. The lowest BCUT2D eigenvalue weighted by atomic mass is 10.1. The molecule has 0 radical (unpaired) electrons. The van der Waals surface area contributed by atoms with E-state index < -0.39 is 11.6 Å². The second kappa shape index (κ2) is 3.17. The SMILES string of the molecule is CC(C)(C)n1c(N)nc2c(F)cc(F)cc21. The second-order valence-corrected chi connectivity index (χ2v) is 4.73. The van der Waals surface area contributed by atoms with Gasteiger partial charge in [-0.15, -0.1) is 0 Å². The smallest absolute Gasteiger partial charge is 0.201 e. The average molecular weight is 225 g/mol. The Bertz CT molecular complexity index is 552. The van der Waals surface area contributed by atoms with Crippen molar-refractivity contribution < 1.29 is 8.78 Å². The van der Waals surface area contributed by atoms with Crippen LogP contribution >= 0.6 is 0 Å². The Kier molecular flexibility index (Phi) is 2.15. The summed E-state index contributed by atoms with van der Waals surface area (Å²) in [5.74, 6) is -1.13. The summed E-state index contributed by atoms with van der Waals surface area (Å²) in [6.07, 6.45) is 0. The van der Waals surface area contributed by atoms with Gasteiger partial charge in [0.05, 0.1) is 5.52 Å². The van der Waals surface area contributed by atoms with Crippen molar-refractivity contribution >= 4 is 17.0 Å². The van der Waals surface area contributed by atoms with E-state index in [9.17, 15) is 8.78 Å². The van der Waals surface area contributed by atoms with Crippen molar-refractivity contribution in [1.82, 2.24) is 9.55 Å². The number of nitrogen functional groups attached to an aromatic ring is 1. The maximum Gasteiger partial charge on any atom is 0.201 e. The second-order valence-electron chi connectivity index (χ2n) is 4.73. The Balaban J connectivity index is 2.89. The third kappa shape index (κ3) is 1.52. The van der Waals surface area contributed by atoms with Crippen LogP contribution in [0.5, 0.6) is 0 Å². The molecule has 2 rings (SSSR count). The van der Waals surface area contributed by atoms with E-state index in [1.165, 1.54) is 6.07 Å². The van der Waals surface area contributed by atoms with Gasteiger partial charge in [-0.25, -0.2) is 13.8 Å². The molecule has 0 aliphatic carbocycles. The van der Waals surface area contributed by atoms with Gasteiger partial charge in [-0.3, -0.25) is 0 Å². The van der Waals surface area contributed by atoms with E-state index in [-0.39, 0.29) is 17.0 Å². The summed E-state index contributed by atoms with van der Waals surface area (Å²) in [6, 6.07) is 2.05. The molecule has 2 aromatic rings. The molecule has 3 nitrogen and oxygen atoms in total. The monoisotopic (exact) mass is 225 g/mol. The molecule has 0 saturated carbocycles. The summed E-state index contributed by atoms with van der Waals surface area (Å²) in [5.41, 5.74) is 5.83. The van der Waals surface area contributed by atoms with Gasteiger partial charge in [0, 0.05) is 17.7 Å². The van der Waals surface area contributed by atoms with Gasteiger partial charge >= 0.3 is 0 Å². The van der Waals surface area contributed by atoms with E-state index in [4.69, 9.17) is 5.73 Å². The largest absolute Gasteiger partial charge is 0.369 e. The number of hydrogen-bond acceptors (Lipinski definition) is 2. The number of rotatable bonds is 0. The Morgan fingerprint density at radius 1 is 1.25 bits per heavy atom. The van der Waals surface area contributed by atoms with Crippen LogP contribution in [0.1, 0.15) is 20.8 Å². The molecule has 2 N–H and O–H groups in total. The first-order valence-electron chi connectivity index (χ1n) is 4.94. The fourth-order valence-electron chi connectivity index (χ4n) is 1.83. The standard InChI is InChI=1S/C11H13F2N3/c1-11(2,3)16-8-5-6(12)4-7(13)9(8)15-10(16)14/h4-5H,1-3H3,(H2,14,15). The minimum absolute atomic E-state index is 0.105. The number of imidazole rings is 1. The maximum absolute atomic E-state index is 13.5. The number of halogens is 2. The highest BCUT2D eigenvalue weighted by Gasteiger charge is 2.22. The minimum Gasteiger partial charge on any atom is -0.369 e. The highest BCUT2D eigenvalue weighted by molar-refractivity contribution is 5.79. The number of hydrogen-bond donors (Lipinski definition) is 1. The molecule has 0 amide bonds. The predicted octanol–water partition coefficient (Wildman–Crippen LogP) is 2.65. The minimum atomic E-state index is -0.690. The van der Waals surface area contributed by atoms with E-state index in [1.54, 1.807) is 4.57 Å². The van der Waals surface area contributed by atoms with Crippen molar-refractivity contribution in [2.75, 3.05) is 5.73 Å². The van der Waals surface area contributed by atoms with Crippen molar-refractivity contribution in [3.05, 3.63) is 23.8 Å². The summed E-state index contributed by atoms with van der Waals surface area (Å²) in [6.45, 7) is 5.69. The number of nitrogens with zero attached hydrogens (tertiary/aromatic N) is 2. The number of benzene rings is 1. The lowest BCUT2D eigenvalue weighted by Crippen LogP contribution is -2.23. The van der Waals surface area contributed by atoms with Gasteiger partial charge in [-0.1, -0.05) is 0 Å². The molecule has 0 saturated heterocycles. The Hall–Kier alpha value is -1.65. The Morgan fingerprint density at radius 3 is 2.44 bits per heavy atom. The maximum atomic E-state index is 13.5. The summed E-state index contributed by atoms with van der Waals surface area (Å²) in [4.78, 5) is 3.92. The highest BCUT2D eigenvalue weighted by atomic mass is 19.1. The van der Waals surface area contributed by atoms with Crippen LogP contribution in [0.15, 0.2) is 12.1 Å². The van der Waals surface area contributed by atoms with Crippen LogP contribution in [0.4, 0.5) is 14.7 Å². The summed E-state index contributed by atoms with van der Waals surface area (Å²) < 4.78 is 28.2. The summed E-state index contributed by atoms with van der Waals surface area (Å²) in [7, 11) is 0. The fourth-order valence-corrected chi connectivity index (χ4v) is 1.83. The molecule has 0 bridgehead atoms. The molecule has 5 heteroatoms. The van der Waals surface area contributed by atoms with Gasteiger partial charge < -0.3 is 10.3 Å². The van der Waals surface area contributed by atoms with E-state index in [1.807, 2.05) is 20.8 Å². The Labute approximate surface area is 91.9 Å². The van der Waals surface area contributed by atoms with Gasteiger partial charge in [0.1, 0.15) is 11.3 Å². The van der Waals surface area contributed by atoms with E-state index in [0.717, 1.165) is 6.07 Å². The normalized spacial score (nSPS) is 12.3. The average Bonchev–Trinajstić information content (AvgIpc) is 2.40. The molecule has 1 aromatic carbocycles. The van der Waals surface area contributed by atoms with Crippen LogP contribution in [-0.2, 0) is 5.54 Å². The van der Waals surface area contributed by atoms with Crippen molar-refractivity contribution in [2.24, 2.45) is 0 Å². The van der Waals surface area contributed by atoms with Gasteiger partial charge in [-0.2, -0.15) is 0 Å². The third-order valence-electron chi connectivity index (χ3n) is 2.38. The molecule has 0 aliphatic heterocycles. The molecule has 0 spiro atoms. The van der Waals surface area contributed by atoms with Crippen LogP contribution in [0.25, 0.3) is 11.0 Å². The third-order valence-corrected chi connectivity index (χ3v) is 2.38. The highest BCUT2D eigenvalue weighted by Crippen LogP contribution is 2.28. The lowest BCUT2D eigenvalue weighted by Gasteiger charge is -2.23. The topological polar surface area (TPSA) is 43.8 Å². The number of nitrogens with two attached hydrogens (primary N) is 1. The summed E-state index contributed by atoms with van der Waals surface area (Å²) >= 11 is 0. The van der Waals surface area contributed by atoms with Crippen LogP contribution < -0.4 is 5.73 Å². The Morgan fingerprint density at radius 2 is 1.88 bits per heavy atom. The first-order chi connectivity index (χ1) is 7.30. The van der Waals surface area contributed by atoms with E-state index in [0.29, 0.717) is 5.52 Å². The molecule has 0 aliphatic rings. The quantitative estimate of drug-likeness (QED) is 0.749. The zero-order chi connectivity index (χ0) is 12.1. The van der Waals surface area contributed by atoms with Crippen molar-refractivity contribution in [3.8, 4) is 0 Å². The first-order valence-corrected chi connectivity index (χ1v) is 4.94. The van der Waals surface area contributed by atoms with Crippen LogP contribution in [0.3, 0.4) is 0 Å². The van der Waals surface area contributed by atoms with Crippen molar-refractivity contribution in [2.45, 2.75) is 26.3 Å². The van der Waals surface area contributed by atoms with Gasteiger partial charge in [0.25, 0.3) is 0 Å². The van der Waals surface area contributed by atoms with Crippen LogP contribution in [0, 0.1) is 11.6 Å². The molecule has 0 atom stereocenters. The molecule has 1 aromatic heterocycles. The van der Waals surface area contributed by atoms with Gasteiger partial charge in [-0.05, 0) is 20.8 Å². The zero-order valence-electron chi connectivity index (χ0n) is 9.38. The number of anilines is 1. The first kappa shape index (κ1) is 10.9. The molecule has 0 unspecified atom stereocenters. The van der Waals surface area contributed by atoms with Crippen LogP contribution in [-0.4, -0.2) is 9.55 Å². The summed E-state index contributed by atoms with van der Waals surface area (Å²) in [5, 5.41) is 0. The van der Waals surface area contributed by atoms with Gasteiger partial charge in [0.15, 0.2) is 5.82 Å². The zero-order valence-corrected chi connectivity index (χ0v) is 9.38.